The Bertz CT molecular complexity index is 1370. The topological polar surface area (TPSA) is 105 Å². The van der Waals surface area contributed by atoms with Crippen molar-refractivity contribution >= 4 is 42.8 Å². The van der Waals surface area contributed by atoms with Gasteiger partial charge in [0.25, 0.3) is 10.0 Å². The van der Waals surface area contributed by atoms with Crippen LogP contribution >= 0.6 is 11.3 Å². The van der Waals surface area contributed by atoms with E-state index < -0.39 is 26.1 Å². The number of nitrogens with one attached hydrogen (secondary N) is 1. The van der Waals surface area contributed by atoms with Gasteiger partial charge in [-0.05, 0) is 60.3 Å². The molecular formula is C22H23N3O5S3. The molecule has 1 aliphatic rings. The predicted octanol–water partition coefficient (Wildman–Crippen LogP) is 4.06. The van der Waals surface area contributed by atoms with Crippen molar-refractivity contribution in [3.8, 4) is 5.75 Å². The highest BCUT2D eigenvalue weighted by Crippen LogP contribution is 2.39. The summed E-state index contributed by atoms with van der Waals surface area (Å²) < 4.78 is 59.7. The predicted molar refractivity (Wildman–Crippen MR) is 130 cm³/mol. The van der Waals surface area contributed by atoms with E-state index in [1.54, 1.807) is 43.3 Å². The number of anilines is 1. The summed E-state index contributed by atoms with van der Waals surface area (Å²) in [5, 5.41) is 6.40. The average Bonchev–Trinajstić information content (AvgIpc) is 3.49. The Labute approximate surface area is 197 Å². The Kier molecular flexibility index (Phi) is 6.46. The summed E-state index contributed by atoms with van der Waals surface area (Å²) in [5.74, 6) is 0.507. The molecule has 11 heteroatoms. The molecule has 0 saturated heterocycles. The molecular weight excluding hydrogens is 482 g/mol. The number of ether oxygens (including phenoxy) is 1. The lowest BCUT2D eigenvalue weighted by molar-refractivity contribution is 0.375. The maximum Gasteiger partial charge on any atom is 0.279 e. The lowest BCUT2D eigenvalue weighted by atomic mass is 10.0. The zero-order valence-corrected chi connectivity index (χ0v) is 20.5. The number of sulfonamides is 2. The number of hydrogen-bond acceptors (Lipinski definition) is 7. The summed E-state index contributed by atoms with van der Waals surface area (Å²) in [7, 11) is -5.86. The summed E-state index contributed by atoms with van der Waals surface area (Å²) in [6.45, 7) is 1.56. The number of methoxy groups -OCH3 is 1. The molecule has 0 aliphatic carbocycles. The monoisotopic (exact) mass is 505 g/mol. The van der Waals surface area contributed by atoms with E-state index in [1.165, 1.54) is 30.6 Å². The van der Waals surface area contributed by atoms with E-state index in [0.29, 0.717) is 29.1 Å². The Hall–Kier alpha value is -2.89. The Morgan fingerprint density at radius 1 is 1.09 bits per heavy atom. The van der Waals surface area contributed by atoms with Crippen molar-refractivity contribution in [2.24, 2.45) is 5.10 Å². The number of hydrazone groups is 1. The maximum atomic E-state index is 13.5. The molecule has 174 valence electrons. The molecule has 0 spiro atoms. The highest BCUT2D eigenvalue weighted by molar-refractivity contribution is 7.92. The van der Waals surface area contributed by atoms with Gasteiger partial charge in [0.05, 0.1) is 23.5 Å². The van der Waals surface area contributed by atoms with Crippen LogP contribution in [0.2, 0.25) is 0 Å². The van der Waals surface area contributed by atoms with Crippen LogP contribution in [0.15, 0.2) is 76.0 Å². The molecule has 0 radical (unpaired) electrons. The van der Waals surface area contributed by atoms with Crippen LogP contribution in [0.5, 0.6) is 5.75 Å². The smallest absolute Gasteiger partial charge is 0.279 e. The van der Waals surface area contributed by atoms with Crippen LogP contribution in [-0.4, -0.2) is 39.8 Å². The van der Waals surface area contributed by atoms with E-state index in [2.05, 4.69) is 9.82 Å². The Balaban J connectivity index is 1.73. The third kappa shape index (κ3) is 4.90. The Morgan fingerprint density at radius 2 is 1.85 bits per heavy atom. The molecule has 0 bridgehead atoms. The van der Waals surface area contributed by atoms with E-state index in [0.717, 1.165) is 9.29 Å². The fraction of sp³-hybridized carbons (Fsp3) is 0.227. The lowest BCUT2D eigenvalue weighted by Crippen LogP contribution is -2.26. The quantitative estimate of drug-likeness (QED) is 0.497. The second-order valence-corrected chi connectivity index (χ2v) is 12.1. The van der Waals surface area contributed by atoms with Crippen molar-refractivity contribution in [2.75, 3.05) is 17.6 Å². The minimum Gasteiger partial charge on any atom is -0.497 e. The first kappa shape index (κ1) is 23.3. The molecule has 1 aliphatic heterocycles. The summed E-state index contributed by atoms with van der Waals surface area (Å²) in [5.41, 5.74) is 1.62. The molecule has 33 heavy (non-hydrogen) atoms. The fourth-order valence-electron chi connectivity index (χ4n) is 3.45. The van der Waals surface area contributed by atoms with Crippen LogP contribution in [-0.2, 0) is 20.0 Å². The van der Waals surface area contributed by atoms with E-state index in [4.69, 9.17) is 4.74 Å². The first-order valence-electron chi connectivity index (χ1n) is 10.1. The number of hydrogen-bond donors (Lipinski definition) is 1. The average molecular weight is 506 g/mol. The first-order chi connectivity index (χ1) is 15.7. The van der Waals surface area contributed by atoms with Gasteiger partial charge >= 0.3 is 0 Å². The summed E-state index contributed by atoms with van der Waals surface area (Å²) in [4.78, 5) is 0.980. The van der Waals surface area contributed by atoms with Crippen LogP contribution in [0.4, 0.5) is 5.69 Å². The van der Waals surface area contributed by atoms with E-state index in [9.17, 15) is 16.8 Å². The second kappa shape index (κ2) is 9.16. The van der Waals surface area contributed by atoms with E-state index in [1.807, 2.05) is 17.5 Å². The van der Waals surface area contributed by atoms with Crippen molar-refractivity contribution in [3.63, 3.8) is 0 Å². The van der Waals surface area contributed by atoms with Gasteiger partial charge < -0.3 is 4.74 Å². The zero-order valence-electron chi connectivity index (χ0n) is 18.0. The molecule has 1 N–H and O–H groups in total. The zero-order chi connectivity index (χ0) is 23.6. The minimum atomic E-state index is -3.94. The van der Waals surface area contributed by atoms with Crippen LogP contribution in [0.25, 0.3) is 0 Å². The maximum absolute atomic E-state index is 13.5. The van der Waals surface area contributed by atoms with Gasteiger partial charge in [-0.3, -0.25) is 4.72 Å². The number of rotatable bonds is 8. The van der Waals surface area contributed by atoms with Gasteiger partial charge in [0.2, 0.25) is 10.0 Å². The molecule has 0 saturated carbocycles. The van der Waals surface area contributed by atoms with Crippen LogP contribution in [0.1, 0.15) is 29.8 Å². The summed E-state index contributed by atoms with van der Waals surface area (Å²) in [6, 6.07) is 16.3. The standard InChI is InChI=1S/C22H23N3O5S3/c1-3-32(26,27)24-17-7-4-6-16(14-17)20-15-21(22-8-5-13-31-22)25(23-20)33(28,29)19-11-9-18(30-2)10-12-19/h4-14,21,24H,3,15H2,1-2H3. The van der Waals surface area contributed by atoms with Gasteiger partial charge in [0.15, 0.2) is 0 Å². The summed E-state index contributed by atoms with van der Waals surface area (Å²) >= 11 is 1.46. The van der Waals surface area contributed by atoms with Crippen molar-refractivity contribution in [1.29, 1.82) is 0 Å². The van der Waals surface area contributed by atoms with Crippen molar-refractivity contribution in [2.45, 2.75) is 24.3 Å². The third-order valence-electron chi connectivity index (χ3n) is 5.20. The van der Waals surface area contributed by atoms with E-state index in [-0.39, 0.29) is 10.6 Å². The molecule has 0 fully saturated rings. The third-order valence-corrected chi connectivity index (χ3v) is 9.17. The van der Waals surface area contributed by atoms with Gasteiger partial charge in [-0.2, -0.15) is 17.9 Å². The largest absolute Gasteiger partial charge is 0.497 e. The highest BCUT2D eigenvalue weighted by atomic mass is 32.2. The Morgan fingerprint density at radius 3 is 2.48 bits per heavy atom. The molecule has 0 amide bonds. The van der Waals surface area contributed by atoms with Crippen LogP contribution < -0.4 is 9.46 Å². The van der Waals surface area contributed by atoms with Crippen LogP contribution in [0, 0.1) is 0 Å². The SMILES string of the molecule is CCS(=O)(=O)Nc1cccc(C2=NN(S(=O)(=O)c3ccc(OC)cc3)C(c3cccs3)C2)c1. The first-order valence-corrected chi connectivity index (χ1v) is 14.1. The van der Waals surface area contributed by atoms with Crippen molar-refractivity contribution < 1.29 is 21.6 Å². The minimum absolute atomic E-state index is 0.0491. The molecule has 4 rings (SSSR count). The number of thiophene rings is 1. The molecule has 1 aromatic heterocycles. The van der Waals surface area contributed by atoms with Crippen molar-refractivity contribution in [1.82, 2.24) is 4.41 Å². The second-order valence-electron chi connectivity index (χ2n) is 7.32. The normalized spacial score (nSPS) is 16.5. The fourth-order valence-corrected chi connectivity index (χ4v) is 6.38. The van der Waals surface area contributed by atoms with Crippen LogP contribution in [0.3, 0.4) is 0 Å². The highest BCUT2D eigenvalue weighted by Gasteiger charge is 2.38. The van der Waals surface area contributed by atoms with Gasteiger partial charge in [0.1, 0.15) is 11.8 Å². The molecule has 2 heterocycles. The van der Waals surface area contributed by atoms with Crippen molar-refractivity contribution in [3.05, 3.63) is 76.5 Å². The number of benzene rings is 2. The molecule has 1 atom stereocenters. The number of nitrogens with zero attached hydrogens (tertiary/aromatic N) is 2. The lowest BCUT2D eigenvalue weighted by Gasteiger charge is -2.22. The van der Waals surface area contributed by atoms with Gasteiger partial charge in [-0.15, -0.1) is 11.3 Å². The molecule has 1 unspecified atom stereocenters. The summed E-state index contributed by atoms with van der Waals surface area (Å²) in [6.07, 6.45) is 0.361. The van der Waals surface area contributed by atoms with Gasteiger partial charge in [-0.25, -0.2) is 8.42 Å². The molecule has 3 aromatic rings. The van der Waals surface area contributed by atoms with E-state index >= 15 is 0 Å². The van der Waals surface area contributed by atoms with Gasteiger partial charge in [0, 0.05) is 17.0 Å². The molecule has 2 aromatic carbocycles. The van der Waals surface area contributed by atoms with Gasteiger partial charge in [-0.1, -0.05) is 18.2 Å². The molecule has 8 nitrogen and oxygen atoms in total.